The quantitative estimate of drug-likeness (QED) is 0.722. The van der Waals surface area contributed by atoms with Crippen LogP contribution in [-0.2, 0) is 7.05 Å². The summed E-state index contributed by atoms with van der Waals surface area (Å²) in [5.74, 6) is -0.172. The third kappa shape index (κ3) is 4.31. The van der Waals surface area contributed by atoms with Gasteiger partial charge in [0.1, 0.15) is 5.69 Å². The number of aromatic nitrogens is 2. The molecular weight excluding hydrogens is 407 g/mol. The Hall–Kier alpha value is -1.90. The van der Waals surface area contributed by atoms with Crippen LogP contribution in [0.25, 0.3) is 0 Å². The average Bonchev–Trinajstić information content (AvgIpc) is 2.86. The number of aryl methyl sites for hydroxylation is 1. The number of anilines is 1. The summed E-state index contributed by atoms with van der Waals surface area (Å²) in [7, 11) is 1.67. The van der Waals surface area contributed by atoms with Crippen LogP contribution >= 0.6 is 22.6 Å². The Bertz CT molecular complexity index is 725. The van der Waals surface area contributed by atoms with Crippen LogP contribution in [-0.4, -0.2) is 28.1 Å². The van der Waals surface area contributed by atoms with Crippen molar-refractivity contribution >= 4 is 40.1 Å². The van der Waals surface area contributed by atoms with Gasteiger partial charge < -0.3 is 10.6 Å². The minimum Gasteiger partial charge on any atom is -0.350 e. The molecule has 0 bridgehead atoms. The van der Waals surface area contributed by atoms with E-state index in [-0.39, 0.29) is 11.8 Å². The maximum Gasteiger partial charge on any atom is 0.271 e. The SMILES string of the molecule is CC(C)CNC(=O)c1c(NC(=O)c2ccccc2I)cnn1C. The van der Waals surface area contributed by atoms with Gasteiger partial charge in [-0.25, -0.2) is 0 Å². The molecular formula is C16H19IN4O2. The molecule has 1 aromatic heterocycles. The second-order valence-electron chi connectivity index (χ2n) is 5.57. The molecule has 0 spiro atoms. The first-order valence-corrected chi connectivity index (χ1v) is 8.34. The smallest absolute Gasteiger partial charge is 0.271 e. The Labute approximate surface area is 148 Å². The molecule has 122 valence electrons. The highest BCUT2D eigenvalue weighted by atomic mass is 127. The van der Waals surface area contributed by atoms with Crippen molar-refractivity contribution in [3.63, 3.8) is 0 Å². The maximum absolute atomic E-state index is 12.4. The lowest BCUT2D eigenvalue weighted by atomic mass is 10.2. The van der Waals surface area contributed by atoms with Gasteiger partial charge in [0.2, 0.25) is 0 Å². The van der Waals surface area contributed by atoms with Crippen LogP contribution in [0.4, 0.5) is 5.69 Å². The zero-order valence-electron chi connectivity index (χ0n) is 13.3. The van der Waals surface area contributed by atoms with Gasteiger partial charge in [0.25, 0.3) is 11.8 Å². The summed E-state index contributed by atoms with van der Waals surface area (Å²) < 4.78 is 2.30. The predicted octanol–water partition coefficient (Wildman–Crippen LogP) is 2.66. The Morgan fingerprint density at radius 3 is 2.61 bits per heavy atom. The largest absolute Gasteiger partial charge is 0.350 e. The summed E-state index contributed by atoms with van der Waals surface area (Å²) in [6.07, 6.45) is 1.48. The van der Waals surface area contributed by atoms with E-state index >= 15 is 0 Å². The fourth-order valence-corrected chi connectivity index (χ4v) is 2.65. The monoisotopic (exact) mass is 426 g/mol. The zero-order chi connectivity index (χ0) is 17.0. The summed E-state index contributed by atoms with van der Waals surface area (Å²) >= 11 is 2.11. The number of nitrogens with zero attached hydrogens (tertiary/aromatic N) is 2. The molecule has 0 saturated carbocycles. The van der Waals surface area contributed by atoms with Crippen molar-refractivity contribution in [3.8, 4) is 0 Å². The van der Waals surface area contributed by atoms with Crippen molar-refractivity contribution in [1.29, 1.82) is 0 Å². The van der Waals surface area contributed by atoms with Crippen molar-refractivity contribution in [2.75, 3.05) is 11.9 Å². The normalized spacial score (nSPS) is 10.7. The van der Waals surface area contributed by atoms with E-state index in [1.165, 1.54) is 10.9 Å². The van der Waals surface area contributed by atoms with Gasteiger partial charge in [-0.15, -0.1) is 0 Å². The lowest BCUT2D eigenvalue weighted by Gasteiger charge is -2.10. The summed E-state index contributed by atoms with van der Waals surface area (Å²) in [5.41, 5.74) is 1.30. The number of carbonyl (C=O) groups excluding carboxylic acids is 2. The van der Waals surface area contributed by atoms with Crippen LogP contribution < -0.4 is 10.6 Å². The minimum absolute atomic E-state index is 0.253. The molecule has 0 radical (unpaired) electrons. The van der Waals surface area contributed by atoms with Gasteiger partial charge in [0.05, 0.1) is 17.4 Å². The molecule has 0 unspecified atom stereocenters. The summed E-state index contributed by atoms with van der Waals surface area (Å²) in [4.78, 5) is 24.7. The van der Waals surface area contributed by atoms with Gasteiger partial charge in [-0.2, -0.15) is 5.10 Å². The number of benzene rings is 1. The van der Waals surface area contributed by atoms with E-state index in [9.17, 15) is 9.59 Å². The topological polar surface area (TPSA) is 76.0 Å². The van der Waals surface area contributed by atoms with Crippen molar-refractivity contribution in [2.24, 2.45) is 13.0 Å². The van der Waals surface area contributed by atoms with E-state index < -0.39 is 0 Å². The molecule has 7 heteroatoms. The average molecular weight is 426 g/mol. The lowest BCUT2D eigenvalue weighted by molar-refractivity contribution is 0.0940. The van der Waals surface area contributed by atoms with E-state index in [0.29, 0.717) is 29.4 Å². The van der Waals surface area contributed by atoms with Crippen LogP contribution in [0.15, 0.2) is 30.5 Å². The van der Waals surface area contributed by atoms with Gasteiger partial charge in [-0.3, -0.25) is 14.3 Å². The molecule has 0 aliphatic carbocycles. The van der Waals surface area contributed by atoms with E-state index in [4.69, 9.17) is 0 Å². The molecule has 0 aliphatic rings. The highest BCUT2D eigenvalue weighted by molar-refractivity contribution is 14.1. The Morgan fingerprint density at radius 1 is 1.26 bits per heavy atom. The molecule has 23 heavy (non-hydrogen) atoms. The van der Waals surface area contributed by atoms with E-state index in [0.717, 1.165) is 3.57 Å². The molecule has 2 N–H and O–H groups in total. The van der Waals surface area contributed by atoms with Crippen molar-refractivity contribution in [2.45, 2.75) is 13.8 Å². The van der Waals surface area contributed by atoms with Crippen LogP contribution in [0.3, 0.4) is 0 Å². The zero-order valence-corrected chi connectivity index (χ0v) is 15.4. The van der Waals surface area contributed by atoms with Crippen LogP contribution in [0.1, 0.15) is 34.7 Å². The number of halogens is 1. The van der Waals surface area contributed by atoms with Crippen LogP contribution in [0.5, 0.6) is 0 Å². The third-order valence-corrected chi connectivity index (χ3v) is 4.13. The van der Waals surface area contributed by atoms with Crippen molar-refractivity contribution < 1.29 is 9.59 Å². The molecule has 0 fully saturated rings. The van der Waals surface area contributed by atoms with E-state index in [1.54, 1.807) is 19.2 Å². The molecule has 2 aromatic rings. The maximum atomic E-state index is 12.4. The van der Waals surface area contributed by atoms with Crippen molar-refractivity contribution in [1.82, 2.24) is 15.1 Å². The van der Waals surface area contributed by atoms with Crippen LogP contribution in [0.2, 0.25) is 0 Å². The molecule has 0 aliphatic heterocycles. The number of rotatable bonds is 5. The summed E-state index contributed by atoms with van der Waals surface area (Å²) in [6, 6.07) is 7.27. The molecule has 1 heterocycles. The lowest BCUT2D eigenvalue weighted by Crippen LogP contribution is -2.30. The first-order chi connectivity index (χ1) is 10.9. The number of hydrogen-bond acceptors (Lipinski definition) is 3. The molecule has 1 aromatic carbocycles. The van der Waals surface area contributed by atoms with Gasteiger partial charge in [-0.05, 0) is 40.6 Å². The predicted molar refractivity (Wildman–Crippen MR) is 97.5 cm³/mol. The first kappa shape index (κ1) is 17.5. The first-order valence-electron chi connectivity index (χ1n) is 7.26. The fourth-order valence-electron chi connectivity index (χ4n) is 2.01. The number of carbonyl (C=O) groups is 2. The summed E-state index contributed by atoms with van der Waals surface area (Å²) in [6.45, 7) is 4.60. The molecule has 0 atom stereocenters. The highest BCUT2D eigenvalue weighted by Crippen LogP contribution is 2.18. The Morgan fingerprint density at radius 2 is 1.96 bits per heavy atom. The fraction of sp³-hybridized carbons (Fsp3) is 0.312. The summed E-state index contributed by atoms with van der Waals surface area (Å²) in [5, 5.41) is 9.68. The van der Waals surface area contributed by atoms with Crippen LogP contribution in [0, 0.1) is 9.49 Å². The van der Waals surface area contributed by atoms with Crippen molar-refractivity contribution in [3.05, 3.63) is 45.3 Å². The second-order valence-corrected chi connectivity index (χ2v) is 6.73. The minimum atomic E-state index is -0.263. The van der Waals surface area contributed by atoms with Gasteiger partial charge in [0.15, 0.2) is 0 Å². The molecule has 2 amide bonds. The molecule has 0 saturated heterocycles. The number of amides is 2. The second kappa shape index (κ2) is 7.58. The number of hydrogen-bond donors (Lipinski definition) is 2. The van der Waals surface area contributed by atoms with Gasteiger partial charge in [-0.1, -0.05) is 26.0 Å². The van der Waals surface area contributed by atoms with E-state index in [1.807, 2.05) is 26.0 Å². The Balaban J connectivity index is 2.20. The standard InChI is InChI=1S/C16H19IN4O2/c1-10(2)8-18-16(23)14-13(9-19-21(14)3)20-15(22)11-6-4-5-7-12(11)17/h4-7,9-10H,8H2,1-3H3,(H,18,23)(H,20,22). The van der Waals surface area contributed by atoms with Gasteiger partial charge in [0, 0.05) is 17.2 Å². The highest BCUT2D eigenvalue weighted by Gasteiger charge is 2.19. The third-order valence-electron chi connectivity index (χ3n) is 3.19. The molecule has 6 nitrogen and oxygen atoms in total. The van der Waals surface area contributed by atoms with E-state index in [2.05, 4.69) is 38.3 Å². The van der Waals surface area contributed by atoms with Gasteiger partial charge >= 0.3 is 0 Å². The number of nitrogens with one attached hydrogen (secondary N) is 2. The Kier molecular flexibility index (Phi) is 5.75. The molecule has 2 rings (SSSR count).